The maximum absolute atomic E-state index is 13.5. The summed E-state index contributed by atoms with van der Waals surface area (Å²) in [5.41, 5.74) is -1.37. The highest BCUT2D eigenvalue weighted by molar-refractivity contribution is 5.21. The van der Waals surface area contributed by atoms with Crippen molar-refractivity contribution >= 4 is 0 Å². The van der Waals surface area contributed by atoms with Crippen LogP contribution in [-0.4, -0.2) is 21.9 Å². The van der Waals surface area contributed by atoms with E-state index in [1.807, 2.05) is 0 Å². The summed E-state index contributed by atoms with van der Waals surface area (Å²) in [6, 6.07) is 3.62. The number of halogens is 2. The number of hydrogen-bond acceptors (Lipinski definition) is 2. The molecule has 0 heterocycles. The minimum Gasteiger partial charge on any atom is -0.390 e. The Labute approximate surface area is 112 Å². The summed E-state index contributed by atoms with van der Waals surface area (Å²) in [6.07, 6.45) is 1.28. The van der Waals surface area contributed by atoms with Crippen LogP contribution in [0.1, 0.15) is 38.2 Å². The molecule has 0 spiro atoms. The summed E-state index contributed by atoms with van der Waals surface area (Å²) in [6.45, 7) is 2.10. The first-order valence-corrected chi connectivity index (χ1v) is 6.76. The highest BCUT2D eigenvalue weighted by Crippen LogP contribution is 2.35. The number of benzene rings is 1. The molecule has 0 aromatic heterocycles. The molecule has 0 bridgehead atoms. The smallest absolute Gasteiger partial charge is 0.129 e. The highest BCUT2D eigenvalue weighted by atomic mass is 19.1. The SMILES string of the molecule is CC1CCC(O)(C(O)Cc2c(F)cccc2F)CC1. The Hall–Kier alpha value is -1.00. The van der Waals surface area contributed by atoms with E-state index in [0.29, 0.717) is 18.8 Å². The van der Waals surface area contributed by atoms with Gasteiger partial charge in [-0.2, -0.15) is 0 Å². The van der Waals surface area contributed by atoms with Gasteiger partial charge in [-0.05, 0) is 43.7 Å². The molecule has 2 rings (SSSR count). The van der Waals surface area contributed by atoms with Crippen molar-refractivity contribution in [3.63, 3.8) is 0 Å². The average molecular weight is 270 g/mol. The van der Waals surface area contributed by atoms with Gasteiger partial charge in [-0.15, -0.1) is 0 Å². The fourth-order valence-electron chi connectivity index (χ4n) is 2.71. The lowest BCUT2D eigenvalue weighted by molar-refractivity contribution is -0.102. The maximum atomic E-state index is 13.5. The van der Waals surface area contributed by atoms with Gasteiger partial charge in [0.2, 0.25) is 0 Å². The molecule has 1 aromatic rings. The Morgan fingerprint density at radius 2 is 1.79 bits per heavy atom. The molecular formula is C15H20F2O2. The van der Waals surface area contributed by atoms with Gasteiger partial charge in [0.15, 0.2) is 0 Å². The monoisotopic (exact) mass is 270 g/mol. The summed E-state index contributed by atoms with van der Waals surface area (Å²) >= 11 is 0. The lowest BCUT2D eigenvalue weighted by Crippen LogP contribution is -2.46. The van der Waals surface area contributed by atoms with Crippen molar-refractivity contribution < 1.29 is 19.0 Å². The van der Waals surface area contributed by atoms with Crippen LogP contribution in [0.25, 0.3) is 0 Å². The second kappa shape index (κ2) is 5.55. The number of rotatable bonds is 3. The minimum absolute atomic E-state index is 0.151. The van der Waals surface area contributed by atoms with Crippen molar-refractivity contribution in [3.8, 4) is 0 Å². The van der Waals surface area contributed by atoms with Gasteiger partial charge in [0.25, 0.3) is 0 Å². The molecular weight excluding hydrogens is 250 g/mol. The molecule has 2 nitrogen and oxygen atoms in total. The molecule has 1 atom stereocenters. The van der Waals surface area contributed by atoms with Gasteiger partial charge in [-0.3, -0.25) is 0 Å². The van der Waals surface area contributed by atoms with Gasteiger partial charge in [-0.25, -0.2) is 8.78 Å². The molecule has 19 heavy (non-hydrogen) atoms. The molecule has 1 fully saturated rings. The molecule has 0 amide bonds. The largest absolute Gasteiger partial charge is 0.390 e. The van der Waals surface area contributed by atoms with Crippen LogP contribution < -0.4 is 0 Å². The van der Waals surface area contributed by atoms with Crippen LogP contribution in [0.5, 0.6) is 0 Å². The van der Waals surface area contributed by atoms with E-state index in [9.17, 15) is 19.0 Å². The second-order valence-corrected chi connectivity index (χ2v) is 5.71. The molecule has 1 aromatic carbocycles. The Morgan fingerprint density at radius 3 is 2.32 bits per heavy atom. The van der Waals surface area contributed by atoms with Crippen molar-refractivity contribution in [1.82, 2.24) is 0 Å². The van der Waals surface area contributed by atoms with Crippen LogP contribution >= 0.6 is 0 Å². The van der Waals surface area contributed by atoms with E-state index in [0.717, 1.165) is 25.0 Å². The molecule has 2 N–H and O–H groups in total. The summed E-state index contributed by atoms with van der Waals surface area (Å²) in [5.74, 6) is -0.823. The van der Waals surface area contributed by atoms with Gasteiger partial charge >= 0.3 is 0 Å². The van der Waals surface area contributed by atoms with E-state index in [2.05, 4.69) is 6.92 Å². The van der Waals surface area contributed by atoms with Crippen molar-refractivity contribution in [2.24, 2.45) is 5.92 Å². The summed E-state index contributed by atoms with van der Waals surface area (Å²) in [7, 11) is 0. The number of aliphatic hydroxyl groups excluding tert-OH is 1. The molecule has 1 saturated carbocycles. The third-order valence-electron chi connectivity index (χ3n) is 4.22. The minimum atomic E-state index is -1.22. The lowest BCUT2D eigenvalue weighted by Gasteiger charge is -2.38. The quantitative estimate of drug-likeness (QED) is 0.886. The number of aliphatic hydroxyl groups is 2. The fourth-order valence-corrected chi connectivity index (χ4v) is 2.71. The zero-order valence-electron chi connectivity index (χ0n) is 11.1. The summed E-state index contributed by atoms with van der Waals surface area (Å²) < 4.78 is 27.1. The Kier molecular flexibility index (Phi) is 4.21. The molecule has 0 saturated heterocycles. The average Bonchev–Trinajstić information content (AvgIpc) is 2.37. The predicted octanol–water partition coefficient (Wildman–Crippen LogP) is 2.81. The standard InChI is InChI=1S/C15H20F2O2/c1-10-5-7-15(19,8-6-10)14(18)9-11-12(16)3-2-4-13(11)17/h2-4,10,14,18-19H,5-9H2,1H3. The van der Waals surface area contributed by atoms with Crippen molar-refractivity contribution in [1.29, 1.82) is 0 Å². The van der Waals surface area contributed by atoms with Gasteiger partial charge in [0.05, 0.1) is 11.7 Å². The second-order valence-electron chi connectivity index (χ2n) is 5.71. The molecule has 1 aliphatic carbocycles. The van der Waals surface area contributed by atoms with E-state index >= 15 is 0 Å². The van der Waals surface area contributed by atoms with E-state index in [1.165, 1.54) is 6.07 Å². The first kappa shape index (κ1) is 14.4. The Morgan fingerprint density at radius 1 is 1.26 bits per heavy atom. The molecule has 1 unspecified atom stereocenters. The van der Waals surface area contributed by atoms with Gasteiger partial charge in [0, 0.05) is 12.0 Å². The van der Waals surface area contributed by atoms with Crippen LogP contribution in [0.15, 0.2) is 18.2 Å². The molecule has 106 valence electrons. The van der Waals surface area contributed by atoms with Crippen LogP contribution in [0.3, 0.4) is 0 Å². The molecule has 4 heteroatoms. The predicted molar refractivity (Wildman–Crippen MR) is 68.7 cm³/mol. The van der Waals surface area contributed by atoms with Crippen LogP contribution in [0.4, 0.5) is 8.78 Å². The van der Waals surface area contributed by atoms with Crippen molar-refractivity contribution in [3.05, 3.63) is 35.4 Å². The molecule has 1 aliphatic rings. The van der Waals surface area contributed by atoms with Gasteiger partial charge < -0.3 is 10.2 Å². The number of hydrogen-bond donors (Lipinski definition) is 2. The Balaban J connectivity index is 2.10. The highest BCUT2D eigenvalue weighted by Gasteiger charge is 2.39. The van der Waals surface area contributed by atoms with E-state index in [-0.39, 0.29) is 12.0 Å². The molecule has 0 radical (unpaired) electrons. The maximum Gasteiger partial charge on any atom is 0.129 e. The van der Waals surface area contributed by atoms with Crippen molar-refractivity contribution in [2.75, 3.05) is 0 Å². The van der Waals surface area contributed by atoms with E-state index in [1.54, 1.807) is 0 Å². The zero-order valence-corrected chi connectivity index (χ0v) is 11.1. The lowest BCUT2D eigenvalue weighted by atomic mass is 9.75. The third-order valence-corrected chi connectivity index (χ3v) is 4.22. The fraction of sp³-hybridized carbons (Fsp3) is 0.600. The van der Waals surface area contributed by atoms with Gasteiger partial charge in [-0.1, -0.05) is 13.0 Å². The Bertz CT molecular complexity index is 420. The van der Waals surface area contributed by atoms with E-state index < -0.39 is 23.3 Å². The van der Waals surface area contributed by atoms with Gasteiger partial charge in [0.1, 0.15) is 11.6 Å². The molecule has 0 aliphatic heterocycles. The zero-order chi connectivity index (χ0) is 14.0. The van der Waals surface area contributed by atoms with Crippen LogP contribution in [0, 0.1) is 17.6 Å². The van der Waals surface area contributed by atoms with Crippen LogP contribution in [0.2, 0.25) is 0 Å². The van der Waals surface area contributed by atoms with Crippen LogP contribution in [-0.2, 0) is 6.42 Å². The van der Waals surface area contributed by atoms with E-state index in [4.69, 9.17) is 0 Å². The third kappa shape index (κ3) is 3.12. The van der Waals surface area contributed by atoms with Crippen molar-refractivity contribution in [2.45, 2.75) is 50.7 Å². The topological polar surface area (TPSA) is 40.5 Å². The summed E-state index contributed by atoms with van der Waals surface area (Å²) in [5, 5.41) is 20.5. The first-order valence-electron chi connectivity index (χ1n) is 6.76. The normalized spacial score (nSPS) is 29.2. The summed E-state index contributed by atoms with van der Waals surface area (Å²) in [4.78, 5) is 0. The first-order chi connectivity index (χ1) is 8.92.